The molecule has 1 fully saturated rings. The lowest BCUT2D eigenvalue weighted by molar-refractivity contribution is -0.159. The van der Waals surface area contributed by atoms with Crippen LogP contribution in [0.3, 0.4) is 0 Å². The summed E-state index contributed by atoms with van der Waals surface area (Å²) in [5, 5.41) is 18.8. The Bertz CT molecular complexity index is 476. The third kappa shape index (κ3) is 2.20. The van der Waals surface area contributed by atoms with E-state index in [1.54, 1.807) is 0 Å². The molecule has 0 heterocycles. The Morgan fingerprint density at radius 3 is 2.44 bits per heavy atom. The van der Waals surface area contributed by atoms with E-state index in [0.29, 0.717) is 0 Å². The van der Waals surface area contributed by atoms with Crippen LogP contribution in [0, 0.1) is 5.92 Å². The summed E-state index contributed by atoms with van der Waals surface area (Å²) < 4.78 is 37.5. The second kappa shape index (κ2) is 3.98. The molecular formula is C12H11F3O3. The SMILES string of the molecule is O=C(O)C1CC(O)(c2cccc(C(F)(F)F)c2)C1. The van der Waals surface area contributed by atoms with Gasteiger partial charge < -0.3 is 10.2 Å². The van der Waals surface area contributed by atoms with Crippen molar-refractivity contribution in [1.29, 1.82) is 0 Å². The lowest BCUT2D eigenvalue weighted by atomic mass is 9.67. The molecule has 1 aromatic rings. The van der Waals surface area contributed by atoms with Crippen LogP contribution >= 0.6 is 0 Å². The van der Waals surface area contributed by atoms with E-state index in [4.69, 9.17) is 5.11 Å². The molecule has 0 saturated heterocycles. The quantitative estimate of drug-likeness (QED) is 0.858. The number of aliphatic hydroxyl groups is 1. The fourth-order valence-electron chi connectivity index (χ4n) is 2.15. The van der Waals surface area contributed by atoms with Crippen molar-refractivity contribution in [1.82, 2.24) is 0 Å². The molecule has 0 atom stereocenters. The summed E-state index contributed by atoms with van der Waals surface area (Å²) in [6.07, 6.45) is -4.57. The molecular weight excluding hydrogens is 249 g/mol. The number of hydrogen-bond acceptors (Lipinski definition) is 2. The van der Waals surface area contributed by atoms with E-state index in [2.05, 4.69) is 0 Å². The fraction of sp³-hybridized carbons (Fsp3) is 0.417. The number of carbonyl (C=O) groups is 1. The number of alkyl halides is 3. The first-order valence-corrected chi connectivity index (χ1v) is 5.35. The summed E-state index contributed by atoms with van der Waals surface area (Å²) in [4.78, 5) is 10.6. The Hall–Kier alpha value is -1.56. The number of rotatable bonds is 2. The Kier molecular flexibility index (Phi) is 2.85. The standard InChI is InChI=1S/C12H11F3O3/c13-12(14,15)9-3-1-2-8(4-9)11(18)5-7(6-11)10(16)17/h1-4,7,18H,5-6H2,(H,16,17). The number of benzene rings is 1. The lowest BCUT2D eigenvalue weighted by Crippen LogP contribution is -2.44. The molecule has 1 aliphatic rings. The largest absolute Gasteiger partial charge is 0.481 e. The molecule has 1 aromatic carbocycles. The Labute approximate surface area is 101 Å². The number of halogens is 3. The minimum atomic E-state index is -4.47. The van der Waals surface area contributed by atoms with Gasteiger partial charge in [0.15, 0.2) is 0 Å². The highest BCUT2D eigenvalue weighted by Gasteiger charge is 2.48. The third-order valence-corrected chi connectivity index (χ3v) is 3.24. The first kappa shape index (κ1) is 12.9. The van der Waals surface area contributed by atoms with Crippen molar-refractivity contribution in [2.75, 3.05) is 0 Å². The molecule has 0 radical (unpaired) electrons. The molecule has 0 aliphatic heterocycles. The second-order valence-electron chi connectivity index (χ2n) is 4.55. The molecule has 6 heteroatoms. The zero-order chi connectivity index (χ0) is 13.6. The van der Waals surface area contributed by atoms with Crippen molar-refractivity contribution in [3.63, 3.8) is 0 Å². The molecule has 0 bridgehead atoms. The van der Waals surface area contributed by atoms with Crippen LogP contribution in [0.15, 0.2) is 24.3 Å². The fourth-order valence-corrected chi connectivity index (χ4v) is 2.15. The van der Waals surface area contributed by atoms with E-state index in [1.807, 2.05) is 0 Å². The number of hydrogen-bond donors (Lipinski definition) is 2. The molecule has 0 spiro atoms. The third-order valence-electron chi connectivity index (χ3n) is 3.24. The molecule has 1 saturated carbocycles. The van der Waals surface area contributed by atoms with E-state index < -0.39 is 29.2 Å². The number of aliphatic carboxylic acids is 1. The van der Waals surface area contributed by atoms with Gasteiger partial charge in [-0.15, -0.1) is 0 Å². The van der Waals surface area contributed by atoms with E-state index in [0.717, 1.165) is 12.1 Å². The van der Waals surface area contributed by atoms with Gasteiger partial charge in [-0.05, 0) is 30.5 Å². The molecule has 0 amide bonds. The molecule has 2 N–H and O–H groups in total. The minimum Gasteiger partial charge on any atom is -0.481 e. The van der Waals surface area contributed by atoms with Crippen LogP contribution in [0.5, 0.6) is 0 Å². The van der Waals surface area contributed by atoms with Gasteiger partial charge in [0.1, 0.15) is 0 Å². The Morgan fingerprint density at radius 1 is 1.33 bits per heavy atom. The van der Waals surface area contributed by atoms with Crippen LogP contribution in [0.4, 0.5) is 13.2 Å². The van der Waals surface area contributed by atoms with Gasteiger partial charge in [-0.2, -0.15) is 13.2 Å². The van der Waals surface area contributed by atoms with Crippen LogP contribution in [-0.4, -0.2) is 16.2 Å². The minimum absolute atomic E-state index is 0.0519. The average molecular weight is 260 g/mol. The van der Waals surface area contributed by atoms with Crippen molar-refractivity contribution in [3.8, 4) is 0 Å². The maximum Gasteiger partial charge on any atom is 0.416 e. The zero-order valence-electron chi connectivity index (χ0n) is 9.24. The average Bonchev–Trinajstić information content (AvgIpc) is 2.23. The molecule has 0 unspecified atom stereocenters. The van der Waals surface area contributed by atoms with Gasteiger partial charge in [0, 0.05) is 0 Å². The van der Waals surface area contributed by atoms with Crippen molar-refractivity contribution >= 4 is 5.97 Å². The van der Waals surface area contributed by atoms with Gasteiger partial charge in [-0.25, -0.2) is 0 Å². The van der Waals surface area contributed by atoms with Crippen molar-refractivity contribution in [2.45, 2.75) is 24.6 Å². The van der Waals surface area contributed by atoms with E-state index in [9.17, 15) is 23.1 Å². The van der Waals surface area contributed by atoms with Gasteiger partial charge in [0.05, 0.1) is 17.1 Å². The summed E-state index contributed by atoms with van der Waals surface area (Å²) in [5.41, 5.74) is -2.17. The van der Waals surface area contributed by atoms with E-state index in [1.165, 1.54) is 12.1 Å². The maximum atomic E-state index is 12.5. The van der Waals surface area contributed by atoms with Gasteiger partial charge in [-0.1, -0.05) is 12.1 Å². The lowest BCUT2D eigenvalue weighted by Gasteiger charge is -2.42. The van der Waals surface area contributed by atoms with Gasteiger partial charge in [0.2, 0.25) is 0 Å². The smallest absolute Gasteiger partial charge is 0.416 e. The number of carboxylic acids is 1. The molecule has 98 valence electrons. The number of carboxylic acid groups (broad SMARTS) is 1. The summed E-state index contributed by atoms with van der Waals surface area (Å²) in [6, 6.07) is 4.38. The van der Waals surface area contributed by atoms with E-state index >= 15 is 0 Å². The van der Waals surface area contributed by atoms with Crippen molar-refractivity contribution in [2.24, 2.45) is 5.92 Å². The normalized spacial score (nSPS) is 27.7. The van der Waals surface area contributed by atoms with Crippen LogP contribution in [-0.2, 0) is 16.6 Å². The highest BCUT2D eigenvalue weighted by molar-refractivity contribution is 5.71. The zero-order valence-corrected chi connectivity index (χ0v) is 9.24. The van der Waals surface area contributed by atoms with Crippen LogP contribution in [0.2, 0.25) is 0 Å². The van der Waals surface area contributed by atoms with Crippen LogP contribution in [0.1, 0.15) is 24.0 Å². The highest BCUT2D eigenvalue weighted by atomic mass is 19.4. The topological polar surface area (TPSA) is 57.5 Å². The Morgan fingerprint density at radius 2 is 1.94 bits per heavy atom. The molecule has 0 aromatic heterocycles. The van der Waals surface area contributed by atoms with E-state index in [-0.39, 0.29) is 18.4 Å². The van der Waals surface area contributed by atoms with Crippen molar-refractivity contribution in [3.05, 3.63) is 35.4 Å². The summed E-state index contributed by atoms with van der Waals surface area (Å²) in [5.74, 6) is -1.73. The summed E-state index contributed by atoms with van der Waals surface area (Å²) in [7, 11) is 0. The van der Waals surface area contributed by atoms with Crippen LogP contribution in [0.25, 0.3) is 0 Å². The van der Waals surface area contributed by atoms with Gasteiger partial charge in [-0.3, -0.25) is 4.79 Å². The summed E-state index contributed by atoms with van der Waals surface area (Å²) >= 11 is 0. The van der Waals surface area contributed by atoms with Gasteiger partial charge >= 0.3 is 12.1 Å². The monoisotopic (exact) mass is 260 g/mol. The van der Waals surface area contributed by atoms with Crippen molar-refractivity contribution < 1.29 is 28.2 Å². The molecule has 2 rings (SSSR count). The molecule has 18 heavy (non-hydrogen) atoms. The summed E-state index contributed by atoms with van der Waals surface area (Å²) in [6.45, 7) is 0. The van der Waals surface area contributed by atoms with Crippen LogP contribution < -0.4 is 0 Å². The maximum absolute atomic E-state index is 12.5. The predicted octanol–water partition coefficient (Wildman–Crippen LogP) is 2.39. The first-order valence-electron chi connectivity index (χ1n) is 5.35. The first-order chi connectivity index (χ1) is 8.22. The predicted molar refractivity (Wildman–Crippen MR) is 55.7 cm³/mol. The highest BCUT2D eigenvalue weighted by Crippen LogP contribution is 2.46. The Balaban J connectivity index is 2.23. The molecule has 3 nitrogen and oxygen atoms in total. The van der Waals surface area contributed by atoms with Gasteiger partial charge in [0.25, 0.3) is 0 Å². The second-order valence-corrected chi connectivity index (χ2v) is 4.55. The molecule has 1 aliphatic carbocycles.